The van der Waals surface area contributed by atoms with Crippen LogP contribution in [-0.2, 0) is 4.74 Å². The first-order chi connectivity index (χ1) is 9.25. The zero-order chi connectivity index (χ0) is 13.5. The Morgan fingerprint density at radius 3 is 2.79 bits per heavy atom. The van der Waals surface area contributed by atoms with Gasteiger partial charge in [-0.3, -0.25) is 0 Å². The molecule has 4 nitrogen and oxygen atoms in total. The minimum Gasteiger partial charge on any atom is -0.507 e. The van der Waals surface area contributed by atoms with E-state index in [4.69, 9.17) is 17.0 Å². The van der Waals surface area contributed by atoms with Crippen LogP contribution in [0.1, 0.15) is 37.7 Å². The van der Waals surface area contributed by atoms with E-state index in [1.54, 1.807) is 18.2 Å². The standard InChI is InChI=1S/C14H18N2O2S/c17-13-9-5-4-6-11(13)10-15-16-14(19)18-12-7-2-1-3-8-12/h4-6,9-10,12,17H,1-3,7-8H2,(H,16,19)/b15-10+. The molecule has 2 N–H and O–H groups in total. The number of hydrogen-bond donors (Lipinski definition) is 2. The molecule has 0 aliphatic heterocycles. The van der Waals surface area contributed by atoms with Gasteiger partial charge in [0, 0.05) is 5.56 Å². The van der Waals surface area contributed by atoms with Gasteiger partial charge in [0.15, 0.2) is 0 Å². The van der Waals surface area contributed by atoms with Gasteiger partial charge in [-0.1, -0.05) is 18.6 Å². The van der Waals surface area contributed by atoms with Gasteiger partial charge in [-0.05, 0) is 50.0 Å². The van der Waals surface area contributed by atoms with Crippen molar-refractivity contribution in [3.63, 3.8) is 0 Å². The van der Waals surface area contributed by atoms with Crippen LogP contribution in [0.3, 0.4) is 0 Å². The van der Waals surface area contributed by atoms with Crippen LogP contribution >= 0.6 is 12.2 Å². The maximum atomic E-state index is 9.55. The highest BCUT2D eigenvalue weighted by Gasteiger charge is 2.15. The Balaban J connectivity index is 1.78. The minimum atomic E-state index is 0.187. The van der Waals surface area contributed by atoms with Crippen LogP contribution in [0.4, 0.5) is 0 Å². The number of ether oxygens (including phenoxy) is 1. The molecule has 0 unspecified atom stereocenters. The van der Waals surface area contributed by atoms with Gasteiger partial charge in [-0.15, -0.1) is 0 Å². The summed E-state index contributed by atoms with van der Waals surface area (Å²) in [5.41, 5.74) is 3.31. The van der Waals surface area contributed by atoms with Crippen LogP contribution < -0.4 is 5.43 Å². The third-order valence-electron chi connectivity index (χ3n) is 3.12. The Labute approximate surface area is 118 Å². The maximum absolute atomic E-state index is 9.55. The van der Waals surface area contributed by atoms with Crippen LogP contribution in [0.2, 0.25) is 0 Å². The molecule has 1 saturated carbocycles. The summed E-state index contributed by atoms with van der Waals surface area (Å²) in [7, 11) is 0. The maximum Gasteiger partial charge on any atom is 0.277 e. The van der Waals surface area contributed by atoms with E-state index in [0.717, 1.165) is 12.8 Å². The van der Waals surface area contributed by atoms with Gasteiger partial charge >= 0.3 is 0 Å². The minimum absolute atomic E-state index is 0.187. The molecule has 2 rings (SSSR count). The normalized spacial score (nSPS) is 16.4. The Hall–Kier alpha value is -1.62. The van der Waals surface area contributed by atoms with Gasteiger partial charge in [0.1, 0.15) is 11.9 Å². The molecular weight excluding hydrogens is 260 g/mol. The summed E-state index contributed by atoms with van der Waals surface area (Å²) < 4.78 is 5.60. The SMILES string of the molecule is Oc1ccccc1/C=N/NC(=S)OC1CCCCC1. The number of hydrazone groups is 1. The molecule has 102 valence electrons. The Morgan fingerprint density at radius 1 is 1.32 bits per heavy atom. The van der Waals surface area contributed by atoms with Crippen molar-refractivity contribution < 1.29 is 9.84 Å². The molecular formula is C14H18N2O2S. The predicted octanol–water partition coefficient (Wildman–Crippen LogP) is 2.95. The van der Waals surface area contributed by atoms with Crippen molar-refractivity contribution in [3.05, 3.63) is 29.8 Å². The van der Waals surface area contributed by atoms with Gasteiger partial charge in [-0.2, -0.15) is 5.10 Å². The second-order valence-corrected chi connectivity index (χ2v) is 4.96. The van der Waals surface area contributed by atoms with Gasteiger partial charge in [0.2, 0.25) is 0 Å². The second-order valence-electron chi connectivity index (χ2n) is 4.59. The fourth-order valence-corrected chi connectivity index (χ4v) is 2.30. The van der Waals surface area contributed by atoms with Crippen molar-refractivity contribution in [3.8, 4) is 5.75 Å². The molecule has 0 bridgehead atoms. The molecule has 5 heteroatoms. The third kappa shape index (κ3) is 4.52. The first-order valence-corrected chi connectivity index (χ1v) is 6.94. The molecule has 19 heavy (non-hydrogen) atoms. The summed E-state index contributed by atoms with van der Waals surface area (Å²) in [6.45, 7) is 0. The number of thiocarbonyl (C=S) groups is 1. The first kappa shape index (κ1) is 13.8. The molecule has 0 saturated heterocycles. The third-order valence-corrected chi connectivity index (χ3v) is 3.31. The number of nitrogens with one attached hydrogen (secondary N) is 1. The number of nitrogens with zero attached hydrogens (tertiary/aromatic N) is 1. The van der Waals surface area contributed by atoms with E-state index >= 15 is 0 Å². The van der Waals surface area contributed by atoms with E-state index in [2.05, 4.69) is 10.5 Å². The lowest BCUT2D eigenvalue weighted by molar-refractivity contribution is 0.141. The molecule has 1 fully saturated rings. The number of para-hydroxylation sites is 1. The number of rotatable bonds is 3. The van der Waals surface area contributed by atoms with Crippen LogP contribution in [0, 0.1) is 0 Å². The van der Waals surface area contributed by atoms with Crippen molar-refractivity contribution >= 4 is 23.6 Å². The van der Waals surface area contributed by atoms with E-state index < -0.39 is 0 Å². The molecule has 0 heterocycles. The van der Waals surface area contributed by atoms with Crippen LogP contribution in [0.25, 0.3) is 0 Å². The summed E-state index contributed by atoms with van der Waals surface area (Å²) in [6.07, 6.45) is 7.55. The fourth-order valence-electron chi connectivity index (χ4n) is 2.11. The largest absolute Gasteiger partial charge is 0.507 e. The van der Waals surface area contributed by atoms with E-state index in [0.29, 0.717) is 10.7 Å². The molecule has 0 aromatic heterocycles. The van der Waals surface area contributed by atoms with E-state index in [9.17, 15) is 5.11 Å². The molecule has 0 spiro atoms. The lowest BCUT2D eigenvalue weighted by Crippen LogP contribution is -2.26. The van der Waals surface area contributed by atoms with Crippen molar-refractivity contribution in [2.75, 3.05) is 0 Å². The molecule has 0 radical (unpaired) electrons. The summed E-state index contributed by atoms with van der Waals surface area (Å²) in [5.74, 6) is 0.187. The highest BCUT2D eigenvalue weighted by Crippen LogP contribution is 2.20. The van der Waals surface area contributed by atoms with E-state index in [1.165, 1.54) is 25.5 Å². The molecule has 1 aliphatic rings. The summed E-state index contributed by atoms with van der Waals surface area (Å²) in [6, 6.07) is 6.97. The first-order valence-electron chi connectivity index (χ1n) is 6.53. The molecule has 1 aliphatic carbocycles. The van der Waals surface area contributed by atoms with Crippen LogP contribution in [0.15, 0.2) is 29.4 Å². The van der Waals surface area contributed by atoms with Crippen LogP contribution in [0.5, 0.6) is 5.75 Å². The smallest absolute Gasteiger partial charge is 0.277 e. The van der Waals surface area contributed by atoms with Crippen LogP contribution in [-0.4, -0.2) is 22.6 Å². The monoisotopic (exact) mass is 278 g/mol. The van der Waals surface area contributed by atoms with Gasteiger partial charge in [0.25, 0.3) is 5.17 Å². The summed E-state index contributed by atoms with van der Waals surface area (Å²) in [4.78, 5) is 0. The Bertz CT molecular complexity index is 457. The quantitative estimate of drug-likeness (QED) is 0.507. The van der Waals surface area contributed by atoms with Gasteiger partial charge in [-0.25, -0.2) is 5.43 Å². The van der Waals surface area contributed by atoms with Crippen molar-refractivity contribution in [2.24, 2.45) is 5.10 Å². The van der Waals surface area contributed by atoms with E-state index in [1.807, 2.05) is 6.07 Å². The Kier molecular flexibility index (Phi) is 5.15. The number of phenolic OH excluding ortho intramolecular Hbond substituents is 1. The van der Waals surface area contributed by atoms with Crippen molar-refractivity contribution in [2.45, 2.75) is 38.2 Å². The average molecular weight is 278 g/mol. The van der Waals surface area contributed by atoms with Crippen molar-refractivity contribution in [1.82, 2.24) is 5.43 Å². The molecule has 0 atom stereocenters. The van der Waals surface area contributed by atoms with Gasteiger partial charge < -0.3 is 9.84 Å². The Morgan fingerprint density at radius 2 is 2.05 bits per heavy atom. The van der Waals surface area contributed by atoms with Gasteiger partial charge in [0.05, 0.1) is 6.21 Å². The number of aromatic hydroxyl groups is 1. The predicted molar refractivity (Wildman–Crippen MR) is 79.4 cm³/mol. The number of hydrogen-bond acceptors (Lipinski definition) is 4. The molecule has 1 aromatic carbocycles. The van der Waals surface area contributed by atoms with Crippen molar-refractivity contribution in [1.29, 1.82) is 0 Å². The number of phenols is 1. The summed E-state index contributed by atoms with van der Waals surface area (Å²) in [5, 5.41) is 13.8. The molecule has 0 amide bonds. The molecule has 1 aromatic rings. The highest BCUT2D eigenvalue weighted by molar-refractivity contribution is 7.80. The average Bonchev–Trinajstić information content (AvgIpc) is 2.42. The summed E-state index contributed by atoms with van der Waals surface area (Å²) >= 11 is 5.07. The number of benzene rings is 1. The fraction of sp³-hybridized carbons (Fsp3) is 0.429. The van der Waals surface area contributed by atoms with E-state index in [-0.39, 0.29) is 11.9 Å². The lowest BCUT2D eigenvalue weighted by Gasteiger charge is -2.22. The topological polar surface area (TPSA) is 53.9 Å². The zero-order valence-electron chi connectivity index (χ0n) is 10.7. The lowest BCUT2D eigenvalue weighted by atomic mass is 9.98. The highest BCUT2D eigenvalue weighted by atomic mass is 32.1. The second kappa shape index (κ2) is 7.09. The zero-order valence-corrected chi connectivity index (χ0v) is 11.5.